The van der Waals surface area contributed by atoms with Crippen LogP contribution in [0.25, 0.3) is 0 Å². The molecule has 0 aromatic heterocycles. The zero-order valence-electron chi connectivity index (χ0n) is 17.5. The zero-order valence-corrected chi connectivity index (χ0v) is 18.3. The van der Waals surface area contributed by atoms with Crippen molar-refractivity contribution in [2.45, 2.75) is 6.42 Å². The van der Waals surface area contributed by atoms with Gasteiger partial charge in [-0.1, -0.05) is 54.6 Å². The molecule has 3 aromatic rings. The number of carbonyl (C=O) groups excluding carboxylic acids is 2. The Bertz CT molecular complexity index is 1090. The zero-order chi connectivity index (χ0) is 22.8. The molecular formula is C24H23N3O4S. The second-order valence-corrected chi connectivity index (χ2v) is 7.05. The predicted octanol–water partition coefficient (Wildman–Crippen LogP) is 3.27. The van der Waals surface area contributed by atoms with Crippen LogP contribution in [0.4, 0.5) is 0 Å². The average Bonchev–Trinajstić information content (AvgIpc) is 2.83. The van der Waals surface area contributed by atoms with Gasteiger partial charge in [0.1, 0.15) is 11.5 Å². The van der Waals surface area contributed by atoms with Gasteiger partial charge in [-0.3, -0.25) is 25.8 Å². The Kier molecular flexibility index (Phi) is 8.16. The average molecular weight is 450 g/mol. The number of rotatable bonds is 7. The quantitative estimate of drug-likeness (QED) is 0.379. The number of hydrogen-bond donors (Lipinski definition) is 3. The Balaban J connectivity index is 1.53. The molecule has 0 bridgehead atoms. The van der Waals surface area contributed by atoms with E-state index in [9.17, 15) is 9.59 Å². The Morgan fingerprint density at radius 3 is 2.06 bits per heavy atom. The van der Waals surface area contributed by atoms with E-state index in [1.807, 2.05) is 30.3 Å². The molecule has 3 N–H and O–H groups in total. The van der Waals surface area contributed by atoms with Crippen molar-refractivity contribution in [2.24, 2.45) is 0 Å². The Hall–Kier alpha value is -3.91. The number of nitrogens with one attached hydrogen (secondary N) is 3. The first-order chi connectivity index (χ1) is 15.6. The molecule has 0 heterocycles. The lowest BCUT2D eigenvalue weighted by molar-refractivity contribution is 0.0931. The largest absolute Gasteiger partial charge is 0.496 e. The second kappa shape index (κ2) is 11.5. The summed E-state index contributed by atoms with van der Waals surface area (Å²) in [7, 11) is 1.48. The van der Waals surface area contributed by atoms with Gasteiger partial charge >= 0.3 is 0 Å². The number of methoxy groups -OCH3 is 1. The summed E-state index contributed by atoms with van der Waals surface area (Å²) >= 11 is 5.12. The fraction of sp³-hybridized carbons (Fsp3) is 0.125. The SMILES string of the molecule is COc1ccccc1C(=O)NNC(=S)NC(=O)c1ccccc1OCCc1ccccc1. The molecule has 0 fully saturated rings. The molecule has 0 aliphatic heterocycles. The van der Waals surface area contributed by atoms with E-state index in [0.717, 1.165) is 5.56 Å². The smallest absolute Gasteiger partial charge is 0.273 e. The molecule has 0 aliphatic carbocycles. The lowest BCUT2D eigenvalue weighted by Gasteiger charge is -2.14. The van der Waals surface area contributed by atoms with Gasteiger partial charge in [0.15, 0.2) is 5.11 Å². The Morgan fingerprint density at radius 2 is 1.38 bits per heavy atom. The summed E-state index contributed by atoms with van der Waals surface area (Å²) in [5.74, 6) is -0.0434. The van der Waals surface area contributed by atoms with Crippen LogP contribution in [0.2, 0.25) is 0 Å². The molecule has 0 saturated heterocycles. The number of ether oxygens (including phenoxy) is 2. The van der Waals surface area contributed by atoms with Crippen LogP contribution in [0.1, 0.15) is 26.3 Å². The van der Waals surface area contributed by atoms with Crippen LogP contribution in [-0.2, 0) is 6.42 Å². The van der Waals surface area contributed by atoms with Crippen LogP contribution in [0.3, 0.4) is 0 Å². The summed E-state index contributed by atoms with van der Waals surface area (Å²) in [5.41, 5.74) is 6.77. The summed E-state index contributed by atoms with van der Waals surface area (Å²) in [6.07, 6.45) is 0.714. The summed E-state index contributed by atoms with van der Waals surface area (Å²) in [5, 5.41) is 2.48. The molecule has 3 aromatic carbocycles. The second-order valence-electron chi connectivity index (χ2n) is 6.64. The van der Waals surface area contributed by atoms with Gasteiger partial charge in [-0.2, -0.15) is 0 Å². The highest BCUT2D eigenvalue weighted by Gasteiger charge is 2.15. The van der Waals surface area contributed by atoms with Crippen molar-refractivity contribution < 1.29 is 19.1 Å². The van der Waals surface area contributed by atoms with Gasteiger partial charge in [0.05, 0.1) is 24.8 Å². The molecular weight excluding hydrogens is 426 g/mol. The Labute approximate surface area is 191 Å². The van der Waals surface area contributed by atoms with Gasteiger partial charge in [0.2, 0.25) is 0 Å². The van der Waals surface area contributed by atoms with Crippen LogP contribution in [0, 0.1) is 0 Å². The summed E-state index contributed by atoms with van der Waals surface area (Å²) < 4.78 is 11.0. The number of thiocarbonyl (C=S) groups is 1. The van der Waals surface area contributed by atoms with Crippen LogP contribution >= 0.6 is 12.2 Å². The third-order valence-electron chi connectivity index (χ3n) is 4.49. The summed E-state index contributed by atoms with van der Waals surface area (Å²) in [6.45, 7) is 0.423. The van der Waals surface area contributed by atoms with Crippen LogP contribution in [0.15, 0.2) is 78.9 Å². The Morgan fingerprint density at radius 1 is 0.781 bits per heavy atom. The minimum absolute atomic E-state index is 0.0580. The number of para-hydroxylation sites is 2. The number of hydrazine groups is 1. The first-order valence-electron chi connectivity index (χ1n) is 9.89. The van der Waals surface area contributed by atoms with E-state index in [1.54, 1.807) is 48.5 Å². The maximum absolute atomic E-state index is 12.7. The third kappa shape index (κ3) is 6.29. The predicted molar refractivity (Wildman–Crippen MR) is 126 cm³/mol. The molecule has 0 unspecified atom stereocenters. The monoisotopic (exact) mass is 449 g/mol. The first-order valence-corrected chi connectivity index (χ1v) is 10.3. The van der Waals surface area contributed by atoms with Gasteiger partial charge in [-0.15, -0.1) is 0 Å². The maximum Gasteiger partial charge on any atom is 0.273 e. The van der Waals surface area contributed by atoms with Crippen molar-refractivity contribution in [2.75, 3.05) is 13.7 Å². The van der Waals surface area contributed by atoms with E-state index in [0.29, 0.717) is 35.7 Å². The number of amides is 2. The molecule has 3 rings (SSSR count). The van der Waals surface area contributed by atoms with Crippen molar-refractivity contribution in [3.8, 4) is 11.5 Å². The normalized spacial score (nSPS) is 10.0. The van der Waals surface area contributed by atoms with E-state index in [1.165, 1.54) is 7.11 Å². The van der Waals surface area contributed by atoms with Crippen molar-refractivity contribution in [1.82, 2.24) is 16.2 Å². The van der Waals surface area contributed by atoms with Gasteiger partial charge in [-0.25, -0.2) is 0 Å². The van der Waals surface area contributed by atoms with E-state index >= 15 is 0 Å². The molecule has 0 saturated carbocycles. The standard InChI is InChI=1S/C24H23N3O4S/c1-30-20-13-7-5-11-18(20)23(29)26-27-24(32)25-22(28)19-12-6-8-14-21(19)31-16-15-17-9-3-2-4-10-17/h2-14H,15-16H2,1H3,(H,26,29)(H2,25,27,28,32). The van der Waals surface area contributed by atoms with Crippen molar-refractivity contribution >= 4 is 29.1 Å². The molecule has 32 heavy (non-hydrogen) atoms. The van der Waals surface area contributed by atoms with Crippen molar-refractivity contribution in [1.29, 1.82) is 0 Å². The van der Waals surface area contributed by atoms with E-state index in [2.05, 4.69) is 16.2 Å². The summed E-state index contributed by atoms with van der Waals surface area (Å²) in [6, 6.07) is 23.6. The van der Waals surface area contributed by atoms with Crippen LogP contribution in [0.5, 0.6) is 11.5 Å². The lowest BCUT2D eigenvalue weighted by atomic mass is 10.1. The van der Waals surface area contributed by atoms with Crippen molar-refractivity contribution in [3.63, 3.8) is 0 Å². The molecule has 164 valence electrons. The van der Waals surface area contributed by atoms with E-state index in [-0.39, 0.29) is 5.11 Å². The molecule has 8 heteroatoms. The highest BCUT2D eigenvalue weighted by Crippen LogP contribution is 2.18. The minimum Gasteiger partial charge on any atom is -0.496 e. The van der Waals surface area contributed by atoms with Gasteiger partial charge < -0.3 is 9.47 Å². The van der Waals surface area contributed by atoms with Crippen molar-refractivity contribution in [3.05, 3.63) is 95.6 Å². The van der Waals surface area contributed by atoms with E-state index in [4.69, 9.17) is 21.7 Å². The topological polar surface area (TPSA) is 88.7 Å². The molecule has 7 nitrogen and oxygen atoms in total. The highest BCUT2D eigenvalue weighted by atomic mass is 32.1. The third-order valence-corrected chi connectivity index (χ3v) is 4.70. The molecule has 0 aliphatic rings. The summed E-state index contributed by atoms with van der Waals surface area (Å²) in [4.78, 5) is 25.0. The van der Waals surface area contributed by atoms with Gasteiger partial charge in [0.25, 0.3) is 11.8 Å². The molecule has 0 atom stereocenters. The van der Waals surface area contributed by atoms with Crippen LogP contribution < -0.4 is 25.6 Å². The van der Waals surface area contributed by atoms with E-state index < -0.39 is 11.8 Å². The fourth-order valence-electron chi connectivity index (χ4n) is 2.92. The number of carbonyl (C=O) groups is 2. The minimum atomic E-state index is -0.455. The van der Waals surface area contributed by atoms with Gasteiger partial charge in [0, 0.05) is 6.42 Å². The van der Waals surface area contributed by atoms with Crippen LogP contribution in [-0.4, -0.2) is 30.6 Å². The highest BCUT2D eigenvalue weighted by molar-refractivity contribution is 7.80. The molecule has 0 spiro atoms. The number of hydrogen-bond acceptors (Lipinski definition) is 5. The maximum atomic E-state index is 12.7. The van der Waals surface area contributed by atoms with Gasteiger partial charge in [-0.05, 0) is 42.0 Å². The molecule has 2 amide bonds. The lowest BCUT2D eigenvalue weighted by Crippen LogP contribution is -2.48. The fourth-order valence-corrected chi connectivity index (χ4v) is 3.06. The molecule has 0 radical (unpaired) electrons. The first kappa shape index (κ1) is 22.8. The number of benzene rings is 3.